The first-order chi connectivity index (χ1) is 16.8. The van der Waals surface area contributed by atoms with Crippen molar-refractivity contribution in [1.82, 2.24) is 15.1 Å². The van der Waals surface area contributed by atoms with Crippen LogP contribution in [0.15, 0.2) is 10.6 Å². The fraction of sp³-hybridized carbons (Fsp3) is 0.652. The highest BCUT2D eigenvalue weighted by Gasteiger charge is 2.55. The zero-order valence-corrected chi connectivity index (χ0v) is 19.0. The number of carbonyl (C=O) groups excluding carboxylic acids is 1. The minimum Gasteiger partial charge on any atom is -0.454 e. The lowest BCUT2D eigenvalue weighted by atomic mass is 9.82. The standard InChI is InChI=1S/C23H26F3N3O6/c24-23(25,26)18-17-16(35-20(18)21(30)27-8-13-11-31-3-5-33-13)7-22(1-2-22)15-10-29(28-19(15)17)9-14-12-32-4-6-34-14/h10,13-14H,1-9,11-12H2,(H,27,30)/t13-,14+/m1/s1. The minimum absolute atomic E-state index is 0.0226. The second kappa shape index (κ2) is 8.61. The third kappa shape index (κ3) is 4.26. The monoisotopic (exact) mass is 497 g/mol. The van der Waals surface area contributed by atoms with Gasteiger partial charge in [-0.05, 0) is 12.8 Å². The number of carbonyl (C=O) groups is 1. The molecule has 4 aliphatic rings. The first-order valence-corrected chi connectivity index (χ1v) is 11.8. The van der Waals surface area contributed by atoms with Gasteiger partial charge in [0.25, 0.3) is 5.91 Å². The summed E-state index contributed by atoms with van der Waals surface area (Å²) in [5, 5.41) is 7.06. The Labute approximate surface area is 198 Å². The van der Waals surface area contributed by atoms with Crippen molar-refractivity contribution in [3.8, 4) is 11.3 Å². The van der Waals surface area contributed by atoms with Gasteiger partial charge in [0.2, 0.25) is 5.76 Å². The predicted octanol–water partition coefficient (Wildman–Crippen LogP) is 2.31. The van der Waals surface area contributed by atoms with Crippen LogP contribution in [-0.4, -0.2) is 74.1 Å². The van der Waals surface area contributed by atoms with E-state index < -0.39 is 29.5 Å². The second-order valence-electron chi connectivity index (χ2n) is 9.52. The summed E-state index contributed by atoms with van der Waals surface area (Å²) in [6.45, 7) is 2.87. The predicted molar refractivity (Wildman–Crippen MR) is 113 cm³/mol. The van der Waals surface area contributed by atoms with E-state index in [0.29, 0.717) is 46.0 Å². The van der Waals surface area contributed by atoms with Gasteiger partial charge in [0, 0.05) is 30.1 Å². The number of fused-ring (bicyclic) bond motifs is 4. The molecule has 12 heteroatoms. The van der Waals surface area contributed by atoms with E-state index in [1.54, 1.807) is 4.68 Å². The number of furan rings is 1. The molecule has 2 aliphatic heterocycles. The van der Waals surface area contributed by atoms with Crippen LogP contribution in [0.1, 0.15) is 40.3 Å². The maximum Gasteiger partial charge on any atom is 0.420 e. The third-order valence-corrected chi connectivity index (χ3v) is 7.04. The fourth-order valence-corrected chi connectivity index (χ4v) is 5.16. The molecule has 4 heterocycles. The smallest absolute Gasteiger partial charge is 0.420 e. The summed E-state index contributed by atoms with van der Waals surface area (Å²) in [6, 6.07) is 0. The molecule has 0 bridgehead atoms. The summed E-state index contributed by atoms with van der Waals surface area (Å²) < 4.78 is 72.2. The van der Waals surface area contributed by atoms with Gasteiger partial charge < -0.3 is 28.7 Å². The van der Waals surface area contributed by atoms with Crippen LogP contribution < -0.4 is 5.32 Å². The SMILES string of the molecule is O=C(NC[C@@H]1COCCO1)c1oc2c(c1C(F)(F)F)-c1nn(C[C@H]3COCCO3)cc1C1(CC1)C2. The van der Waals surface area contributed by atoms with Crippen LogP contribution in [0.5, 0.6) is 0 Å². The van der Waals surface area contributed by atoms with Gasteiger partial charge in [-0.1, -0.05) is 0 Å². The van der Waals surface area contributed by atoms with Gasteiger partial charge in [-0.25, -0.2) is 0 Å². The van der Waals surface area contributed by atoms with Crippen molar-refractivity contribution >= 4 is 5.91 Å². The van der Waals surface area contributed by atoms with Crippen LogP contribution in [0.2, 0.25) is 0 Å². The Balaban J connectivity index is 1.34. The van der Waals surface area contributed by atoms with Crippen molar-refractivity contribution in [3.05, 3.63) is 28.8 Å². The summed E-state index contributed by atoms with van der Waals surface area (Å²) in [7, 11) is 0. The fourth-order valence-electron chi connectivity index (χ4n) is 5.16. The van der Waals surface area contributed by atoms with Gasteiger partial charge in [0.1, 0.15) is 23.1 Å². The number of halogens is 3. The number of amides is 1. The van der Waals surface area contributed by atoms with E-state index in [1.165, 1.54) is 0 Å². The van der Waals surface area contributed by atoms with Crippen LogP contribution in [-0.2, 0) is 43.5 Å². The maximum absolute atomic E-state index is 14.4. The number of nitrogens with one attached hydrogen (secondary N) is 1. The summed E-state index contributed by atoms with van der Waals surface area (Å²) in [5.74, 6) is -1.51. The zero-order chi connectivity index (χ0) is 24.2. The van der Waals surface area contributed by atoms with E-state index >= 15 is 0 Å². The molecule has 0 aromatic carbocycles. The van der Waals surface area contributed by atoms with E-state index in [4.69, 9.17) is 23.4 Å². The Bertz CT molecular complexity index is 1110. The van der Waals surface area contributed by atoms with E-state index in [9.17, 15) is 18.0 Å². The van der Waals surface area contributed by atoms with Gasteiger partial charge in [-0.3, -0.25) is 9.48 Å². The minimum atomic E-state index is -4.80. The number of aromatic nitrogens is 2. The zero-order valence-electron chi connectivity index (χ0n) is 19.0. The quantitative estimate of drug-likeness (QED) is 0.677. The van der Waals surface area contributed by atoms with Crippen LogP contribution in [0.25, 0.3) is 11.3 Å². The molecule has 2 aromatic rings. The Morgan fingerprint density at radius 3 is 2.46 bits per heavy atom. The largest absolute Gasteiger partial charge is 0.454 e. The van der Waals surface area contributed by atoms with E-state index in [-0.39, 0.29) is 41.7 Å². The molecule has 1 N–H and O–H groups in total. The third-order valence-electron chi connectivity index (χ3n) is 7.04. The summed E-state index contributed by atoms with van der Waals surface area (Å²) in [6.07, 6.45) is -1.67. The van der Waals surface area contributed by atoms with Crippen LogP contribution in [0.4, 0.5) is 13.2 Å². The lowest BCUT2D eigenvalue weighted by molar-refractivity contribution is -0.137. The van der Waals surface area contributed by atoms with E-state index in [0.717, 1.165) is 18.4 Å². The molecule has 6 rings (SSSR count). The average molecular weight is 497 g/mol. The number of alkyl halides is 3. The molecule has 190 valence electrons. The summed E-state index contributed by atoms with van der Waals surface area (Å²) >= 11 is 0. The Kier molecular flexibility index (Phi) is 5.66. The number of nitrogens with zero attached hydrogens (tertiary/aromatic N) is 2. The number of rotatable bonds is 5. The topological polar surface area (TPSA) is 97.0 Å². The van der Waals surface area contributed by atoms with Crippen LogP contribution in [0, 0.1) is 0 Å². The van der Waals surface area contributed by atoms with Crippen molar-refractivity contribution in [2.45, 2.75) is 49.6 Å². The average Bonchev–Trinajstić information content (AvgIpc) is 3.29. The number of ether oxygens (including phenoxy) is 4. The maximum atomic E-state index is 14.4. The van der Waals surface area contributed by atoms with Gasteiger partial charge in [0.15, 0.2) is 0 Å². The molecule has 3 fully saturated rings. The van der Waals surface area contributed by atoms with Crippen molar-refractivity contribution in [2.24, 2.45) is 0 Å². The molecule has 2 aliphatic carbocycles. The van der Waals surface area contributed by atoms with Crippen molar-refractivity contribution < 1.29 is 41.3 Å². The molecule has 2 aromatic heterocycles. The molecule has 35 heavy (non-hydrogen) atoms. The lowest BCUT2D eigenvalue weighted by Gasteiger charge is -2.23. The number of hydrogen-bond acceptors (Lipinski definition) is 7. The molecular formula is C23H26F3N3O6. The van der Waals surface area contributed by atoms with Crippen molar-refractivity contribution in [3.63, 3.8) is 0 Å². The van der Waals surface area contributed by atoms with Crippen LogP contribution >= 0.6 is 0 Å². The molecule has 0 unspecified atom stereocenters. The lowest BCUT2D eigenvalue weighted by Crippen LogP contribution is -2.40. The Hall–Kier alpha value is -2.41. The second-order valence-corrected chi connectivity index (χ2v) is 9.52. The number of hydrogen-bond donors (Lipinski definition) is 1. The summed E-state index contributed by atoms with van der Waals surface area (Å²) in [5.41, 5.74) is -0.504. The molecule has 2 saturated heterocycles. The van der Waals surface area contributed by atoms with Crippen molar-refractivity contribution in [2.75, 3.05) is 46.2 Å². The molecule has 1 saturated carbocycles. The molecule has 1 amide bonds. The highest BCUT2D eigenvalue weighted by molar-refractivity contribution is 5.96. The normalized spacial score (nSPS) is 25.2. The Morgan fingerprint density at radius 1 is 1.11 bits per heavy atom. The highest BCUT2D eigenvalue weighted by Crippen LogP contribution is 2.59. The molecule has 9 nitrogen and oxygen atoms in total. The van der Waals surface area contributed by atoms with Crippen molar-refractivity contribution in [1.29, 1.82) is 0 Å². The highest BCUT2D eigenvalue weighted by atomic mass is 19.4. The van der Waals surface area contributed by atoms with E-state index in [2.05, 4.69) is 10.4 Å². The first kappa shape index (κ1) is 23.0. The van der Waals surface area contributed by atoms with Crippen LogP contribution in [0.3, 0.4) is 0 Å². The van der Waals surface area contributed by atoms with E-state index in [1.807, 2.05) is 6.20 Å². The first-order valence-electron chi connectivity index (χ1n) is 11.8. The van der Waals surface area contributed by atoms with Gasteiger partial charge in [-0.15, -0.1) is 0 Å². The van der Waals surface area contributed by atoms with Gasteiger partial charge in [-0.2, -0.15) is 18.3 Å². The molecule has 1 spiro atoms. The molecule has 2 atom stereocenters. The van der Waals surface area contributed by atoms with Gasteiger partial charge in [0.05, 0.1) is 57.9 Å². The summed E-state index contributed by atoms with van der Waals surface area (Å²) in [4.78, 5) is 12.9. The molecule has 0 radical (unpaired) electrons. The van der Waals surface area contributed by atoms with Gasteiger partial charge >= 0.3 is 6.18 Å². The molecular weight excluding hydrogens is 471 g/mol. The Morgan fingerprint density at radius 2 is 1.83 bits per heavy atom.